The van der Waals surface area contributed by atoms with Crippen molar-refractivity contribution < 1.29 is 4.42 Å². The monoisotopic (exact) mass is 579 g/mol. The molecule has 0 amide bonds. The summed E-state index contributed by atoms with van der Waals surface area (Å²) in [5, 5.41) is 4.74. The Kier molecular flexibility index (Phi) is 5.70. The van der Waals surface area contributed by atoms with Gasteiger partial charge < -0.3 is 9.32 Å². The number of para-hydroxylation sites is 1. The number of fused-ring (bicyclic) bond motifs is 8. The summed E-state index contributed by atoms with van der Waals surface area (Å²) in [4.78, 5) is 2.37. The number of nitrogens with zero attached hydrogens (tertiary/aromatic N) is 1. The van der Waals surface area contributed by atoms with Gasteiger partial charge in [0.25, 0.3) is 0 Å². The van der Waals surface area contributed by atoms with Crippen LogP contribution in [0.3, 0.4) is 0 Å². The Bertz CT molecular complexity index is 2300. The first-order valence-electron chi connectivity index (χ1n) is 15.9. The Morgan fingerprint density at radius 2 is 1.22 bits per heavy atom. The molecule has 0 spiro atoms. The van der Waals surface area contributed by atoms with Gasteiger partial charge in [0, 0.05) is 33.3 Å². The van der Waals surface area contributed by atoms with Crippen molar-refractivity contribution in [1.82, 2.24) is 0 Å². The van der Waals surface area contributed by atoms with Crippen molar-refractivity contribution in [3.8, 4) is 11.1 Å². The number of rotatable bonds is 4. The third kappa shape index (κ3) is 3.88. The van der Waals surface area contributed by atoms with Crippen LogP contribution in [0.5, 0.6) is 0 Å². The van der Waals surface area contributed by atoms with Crippen LogP contribution in [-0.2, 0) is 5.41 Å². The number of benzene rings is 6. The number of hydrogen-bond donors (Lipinski definition) is 0. The molecule has 1 heterocycles. The van der Waals surface area contributed by atoms with E-state index in [0.717, 1.165) is 33.6 Å². The van der Waals surface area contributed by atoms with Gasteiger partial charge in [0.1, 0.15) is 5.58 Å². The van der Waals surface area contributed by atoms with Gasteiger partial charge in [-0.25, -0.2) is 0 Å². The van der Waals surface area contributed by atoms with Crippen molar-refractivity contribution in [3.63, 3.8) is 0 Å². The minimum atomic E-state index is 0.0345. The van der Waals surface area contributed by atoms with Gasteiger partial charge in [-0.05, 0) is 57.7 Å². The van der Waals surface area contributed by atoms with Crippen molar-refractivity contribution in [2.45, 2.75) is 25.2 Å². The highest BCUT2D eigenvalue weighted by molar-refractivity contribution is 6.12. The van der Waals surface area contributed by atoms with E-state index in [1.165, 1.54) is 38.4 Å². The van der Waals surface area contributed by atoms with Crippen LogP contribution >= 0.6 is 0 Å². The lowest BCUT2D eigenvalue weighted by atomic mass is 9.74. The van der Waals surface area contributed by atoms with Crippen LogP contribution in [-0.4, -0.2) is 0 Å². The zero-order valence-corrected chi connectivity index (χ0v) is 25.4. The number of allylic oxidation sites excluding steroid dienone is 4. The molecule has 45 heavy (non-hydrogen) atoms. The number of furan rings is 1. The first-order chi connectivity index (χ1) is 22.1. The second-order valence-corrected chi connectivity index (χ2v) is 12.9. The van der Waals surface area contributed by atoms with Crippen LogP contribution in [0.4, 0.5) is 17.1 Å². The quantitative estimate of drug-likeness (QED) is 0.206. The van der Waals surface area contributed by atoms with E-state index < -0.39 is 0 Å². The molecule has 2 aliphatic rings. The molecular formula is C43H33NO. The van der Waals surface area contributed by atoms with Gasteiger partial charge in [-0.2, -0.15) is 0 Å². The Morgan fingerprint density at radius 1 is 0.556 bits per heavy atom. The van der Waals surface area contributed by atoms with E-state index in [1.807, 2.05) is 0 Å². The maximum atomic E-state index is 7.10. The normalized spacial score (nSPS) is 18.0. The van der Waals surface area contributed by atoms with Crippen LogP contribution in [0, 0.1) is 5.92 Å². The summed E-state index contributed by atoms with van der Waals surface area (Å²) in [6.45, 7) is 4.75. The molecule has 0 radical (unpaired) electrons. The molecule has 0 bridgehead atoms. The van der Waals surface area contributed by atoms with E-state index in [4.69, 9.17) is 4.42 Å². The summed E-state index contributed by atoms with van der Waals surface area (Å²) < 4.78 is 7.10. The lowest BCUT2D eigenvalue weighted by Gasteiger charge is -2.29. The van der Waals surface area contributed by atoms with Gasteiger partial charge >= 0.3 is 0 Å². The molecule has 1 unspecified atom stereocenters. The van der Waals surface area contributed by atoms with Crippen molar-refractivity contribution in [2.24, 2.45) is 5.92 Å². The first-order valence-corrected chi connectivity index (χ1v) is 15.9. The molecule has 0 saturated carbocycles. The lowest BCUT2D eigenvalue weighted by molar-refractivity contribution is 0.394. The Hall–Kier alpha value is -5.34. The van der Waals surface area contributed by atoms with Crippen LogP contribution in [0.25, 0.3) is 43.8 Å². The third-order valence-electron chi connectivity index (χ3n) is 10.2. The molecule has 2 aliphatic carbocycles. The maximum absolute atomic E-state index is 7.10. The molecule has 6 aromatic carbocycles. The zero-order chi connectivity index (χ0) is 30.1. The second-order valence-electron chi connectivity index (χ2n) is 12.9. The first kappa shape index (κ1) is 26.1. The van der Waals surface area contributed by atoms with Crippen LogP contribution in [0.1, 0.15) is 30.9 Å². The van der Waals surface area contributed by atoms with E-state index in [0.29, 0.717) is 11.8 Å². The van der Waals surface area contributed by atoms with Gasteiger partial charge in [0.15, 0.2) is 5.58 Å². The van der Waals surface area contributed by atoms with Crippen LogP contribution < -0.4 is 4.90 Å². The molecule has 2 heteroatoms. The summed E-state index contributed by atoms with van der Waals surface area (Å²) >= 11 is 0. The molecule has 1 aromatic heterocycles. The predicted octanol–water partition coefficient (Wildman–Crippen LogP) is 12.0. The predicted molar refractivity (Wildman–Crippen MR) is 189 cm³/mol. The largest absolute Gasteiger partial charge is 0.454 e. The molecular weight excluding hydrogens is 546 g/mol. The highest BCUT2D eigenvalue weighted by Gasteiger charge is 2.46. The molecule has 7 aromatic rings. The Morgan fingerprint density at radius 3 is 2.09 bits per heavy atom. The van der Waals surface area contributed by atoms with E-state index >= 15 is 0 Å². The lowest BCUT2D eigenvalue weighted by Crippen LogP contribution is -2.24. The molecule has 0 N–H and O–H groups in total. The van der Waals surface area contributed by atoms with Gasteiger partial charge in [-0.3, -0.25) is 0 Å². The number of anilines is 3. The minimum Gasteiger partial charge on any atom is -0.454 e. The molecule has 9 rings (SSSR count). The SMILES string of the molecule is CC1(C)c2ccc3c(oc4c(N(c5ccc(-c6ccccc6)cc5)c5cccc6ccccc56)cccc43)c2C2C=CC=C[C@H]21. The standard InChI is InChI=1S/C43H33NO/c1-43(2)36-19-9-8-17-35(36)40-37(43)27-26-34-33-18-11-21-39(41(33)45-42(34)40)44(38-20-10-15-30-14-6-7-16-32(30)38)31-24-22-29(23-25-31)28-12-4-3-5-13-28/h3-27,35-36H,1-2H3/t35?,36-/m1/s1. The summed E-state index contributed by atoms with van der Waals surface area (Å²) in [6, 6.07) is 45.9. The van der Waals surface area contributed by atoms with Crippen molar-refractivity contribution in [2.75, 3.05) is 4.90 Å². The molecule has 0 aliphatic heterocycles. The van der Waals surface area contributed by atoms with E-state index in [2.05, 4.69) is 170 Å². The topological polar surface area (TPSA) is 16.4 Å². The fourth-order valence-electron chi connectivity index (χ4n) is 7.93. The van der Waals surface area contributed by atoms with Gasteiger partial charge in [0.05, 0.1) is 11.4 Å². The Labute approximate surface area is 263 Å². The molecule has 0 saturated heterocycles. The minimum absolute atomic E-state index is 0.0345. The van der Waals surface area contributed by atoms with E-state index in [-0.39, 0.29) is 5.41 Å². The fraction of sp³-hybridized carbons (Fsp3) is 0.116. The van der Waals surface area contributed by atoms with Gasteiger partial charge in [-0.1, -0.05) is 141 Å². The summed E-state index contributed by atoms with van der Waals surface area (Å²) in [5.41, 5.74) is 10.4. The van der Waals surface area contributed by atoms with E-state index in [1.54, 1.807) is 0 Å². The summed E-state index contributed by atoms with van der Waals surface area (Å²) in [7, 11) is 0. The van der Waals surface area contributed by atoms with Crippen molar-refractivity contribution in [3.05, 3.63) is 163 Å². The van der Waals surface area contributed by atoms with Crippen molar-refractivity contribution >= 4 is 49.8 Å². The smallest absolute Gasteiger partial charge is 0.159 e. The van der Waals surface area contributed by atoms with Crippen molar-refractivity contribution in [1.29, 1.82) is 0 Å². The van der Waals surface area contributed by atoms with Gasteiger partial charge in [-0.15, -0.1) is 0 Å². The highest BCUT2D eigenvalue weighted by atomic mass is 16.3. The molecule has 2 nitrogen and oxygen atoms in total. The van der Waals surface area contributed by atoms with Gasteiger partial charge in [0.2, 0.25) is 0 Å². The second kappa shape index (κ2) is 9.84. The average Bonchev–Trinajstić information content (AvgIpc) is 3.59. The Balaban J connectivity index is 1.29. The molecule has 0 fully saturated rings. The molecule has 2 atom stereocenters. The summed E-state index contributed by atoms with van der Waals surface area (Å²) in [6.07, 6.45) is 9.14. The van der Waals surface area contributed by atoms with E-state index in [9.17, 15) is 0 Å². The highest BCUT2D eigenvalue weighted by Crippen LogP contribution is 2.56. The average molecular weight is 580 g/mol. The van der Waals surface area contributed by atoms with Crippen LogP contribution in [0.2, 0.25) is 0 Å². The number of hydrogen-bond acceptors (Lipinski definition) is 2. The third-order valence-corrected chi connectivity index (χ3v) is 10.2. The fourth-order valence-corrected chi connectivity index (χ4v) is 7.93. The summed E-state index contributed by atoms with van der Waals surface area (Å²) in [5.74, 6) is 0.735. The van der Waals surface area contributed by atoms with Crippen LogP contribution in [0.15, 0.2) is 156 Å². The zero-order valence-electron chi connectivity index (χ0n) is 25.4. The maximum Gasteiger partial charge on any atom is 0.159 e. The molecule has 216 valence electrons.